The highest BCUT2D eigenvalue weighted by Gasteiger charge is 2.35. The number of aliphatic hydroxyl groups excluding tert-OH is 1. The summed E-state index contributed by atoms with van der Waals surface area (Å²) in [5, 5.41) is 13.8. The van der Waals surface area contributed by atoms with Crippen molar-refractivity contribution in [2.75, 3.05) is 11.4 Å². The Hall–Kier alpha value is -2.61. The number of imidazole rings is 1. The second-order valence-corrected chi connectivity index (χ2v) is 7.15. The fourth-order valence-corrected chi connectivity index (χ4v) is 3.46. The molecule has 1 atom stereocenters. The number of halogens is 2. The molecular formula is C19H17Cl2N5O2. The minimum atomic E-state index is -1.12. The van der Waals surface area contributed by atoms with Gasteiger partial charge in [0, 0.05) is 29.9 Å². The molecule has 3 aromatic rings. The number of benzene rings is 1. The van der Waals surface area contributed by atoms with Crippen LogP contribution in [0.25, 0.3) is 11.4 Å². The van der Waals surface area contributed by atoms with Gasteiger partial charge in [-0.2, -0.15) is 0 Å². The predicted octanol–water partition coefficient (Wildman–Crippen LogP) is 3.15. The zero-order chi connectivity index (χ0) is 19.8. The van der Waals surface area contributed by atoms with Crippen molar-refractivity contribution >= 4 is 34.9 Å². The molecule has 9 heteroatoms. The fraction of sp³-hybridized carbons (Fsp3) is 0.211. The van der Waals surface area contributed by atoms with E-state index in [9.17, 15) is 9.90 Å². The second kappa shape index (κ2) is 7.43. The Morgan fingerprint density at radius 2 is 1.93 bits per heavy atom. The molecule has 0 aliphatic carbocycles. The normalized spacial score (nSPS) is 16.1. The van der Waals surface area contributed by atoms with Gasteiger partial charge in [0.25, 0.3) is 5.91 Å². The molecule has 2 aromatic heterocycles. The third-order valence-corrected chi connectivity index (χ3v) is 5.05. The summed E-state index contributed by atoms with van der Waals surface area (Å²) in [4.78, 5) is 23.1. The average Bonchev–Trinajstić information content (AvgIpc) is 3.04. The van der Waals surface area contributed by atoms with Crippen LogP contribution in [0, 0.1) is 0 Å². The predicted molar refractivity (Wildman–Crippen MR) is 108 cm³/mol. The molecule has 0 saturated carbocycles. The molecule has 1 aromatic carbocycles. The summed E-state index contributed by atoms with van der Waals surface area (Å²) in [5.74, 6) is 0.603. The number of aromatic nitrogens is 3. The summed E-state index contributed by atoms with van der Waals surface area (Å²) >= 11 is 11.9. The molecule has 1 aliphatic rings. The average molecular weight is 418 g/mol. The number of nitrogens with one attached hydrogen (secondary N) is 1. The molecule has 3 heterocycles. The van der Waals surface area contributed by atoms with E-state index in [4.69, 9.17) is 23.2 Å². The molecule has 1 amide bonds. The smallest absolute Gasteiger partial charge is 0.275 e. The van der Waals surface area contributed by atoms with Gasteiger partial charge in [-0.3, -0.25) is 4.79 Å². The van der Waals surface area contributed by atoms with Crippen LogP contribution in [0.1, 0.15) is 23.0 Å². The first kappa shape index (κ1) is 18.7. The van der Waals surface area contributed by atoms with E-state index in [1.807, 2.05) is 23.6 Å². The zero-order valence-corrected chi connectivity index (χ0v) is 16.4. The molecule has 7 nitrogen and oxygen atoms in total. The lowest BCUT2D eigenvalue weighted by Gasteiger charge is -2.32. The molecule has 2 N–H and O–H groups in total. The highest BCUT2D eigenvalue weighted by atomic mass is 35.5. The first-order chi connectivity index (χ1) is 13.5. The summed E-state index contributed by atoms with van der Waals surface area (Å²) in [6.45, 7) is 2.76. The van der Waals surface area contributed by atoms with Gasteiger partial charge in [0.2, 0.25) is 6.35 Å². The van der Waals surface area contributed by atoms with Crippen LogP contribution in [-0.2, 0) is 6.54 Å². The monoisotopic (exact) mass is 417 g/mol. The molecule has 0 fully saturated rings. The van der Waals surface area contributed by atoms with Gasteiger partial charge in [-0.1, -0.05) is 35.3 Å². The molecule has 0 spiro atoms. The molecule has 1 unspecified atom stereocenters. The summed E-state index contributed by atoms with van der Waals surface area (Å²) in [5.41, 5.74) is 2.05. The summed E-state index contributed by atoms with van der Waals surface area (Å²) in [6, 6.07) is 10.9. The molecule has 0 radical (unpaired) electrons. The number of amides is 1. The van der Waals surface area contributed by atoms with E-state index in [0.29, 0.717) is 46.2 Å². The van der Waals surface area contributed by atoms with E-state index < -0.39 is 6.35 Å². The largest absolute Gasteiger partial charge is 0.356 e. The molecular weight excluding hydrogens is 401 g/mol. The molecule has 0 saturated heterocycles. The number of rotatable bonds is 4. The van der Waals surface area contributed by atoms with Crippen molar-refractivity contribution in [3.63, 3.8) is 0 Å². The number of hydrogen-bond donors (Lipinski definition) is 2. The lowest BCUT2D eigenvalue weighted by molar-refractivity contribution is 0.0735. The Bertz CT molecular complexity index is 1020. The van der Waals surface area contributed by atoms with Gasteiger partial charge in [-0.15, -0.1) is 0 Å². The van der Waals surface area contributed by atoms with E-state index in [0.717, 1.165) is 5.56 Å². The van der Waals surface area contributed by atoms with Crippen LogP contribution in [0.3, 0.4) is 0 Å². The van der Waals surface area contributed by atoms with Crippen LogP contribution < -0.4 is 10.2 Å². The molecule has 4 rings (SSSR count). The number of hydrogen-bond acceptors (Lipinski definition) is 5. The minimum Gasteiger partial charge on any atom is -0.356 e. The van der Waals surface area contributed by atoms with Crippen molar-refractivity contribution in [2.24, 2.45) is 0 Å². The van der Waals surface area contributed by atoms with Gasteiger partial charge in [0.15, 0.2) is 11.5 Å². The first-order valence-corrected chi connectivity index (χ1v) is 9.46. The maximum Gasteiger partial charge on any atom is 0.275 e. The Morgan fingerprint density at radius 1 is 1.18 bits per heavy atom. The highest BCUT2D eigenvalue weighted by molar-refractivity contribution is 6.30. The number of pyridine rings is 1. The zero-order valence-electron chi connectivity index (χ0n) is 14.9. The Morgan fingerprint density at radius 3 is 2.57 bits per heavy atom. The summed E-state index contributed by atoms with van der Waals surface area (Å²) < 4.78 is 1.81. The first-order valence-electron chi connectivity index (χ1n) is 8.70. The van der Waals surface area contributed by atoms with E-state index in [1.54, 1.807) is 35.4 Å². The minimum absolute atomic E-state index is 0.368. The number of nitrogens with zero attached hydrogens (tertiary/aromatic N) is 4. The van der Waals surface area contributed by atoms with Gasteiger partial charge in [0.05, 0.1) is 0 Å². The Balaban J connectivity index is 1.89. The van der Waals surface area contributed by atoms with Crippen molar-refractivity contribution in [1.82, 2.24) is 19.9 Å². The van der Waals surface area contributed by atoms with Gasteiger partial charge in [-0.05, 0) is 36.8 Å². The standard InChI is InChI=1S/C19H17Cl2N5O2/c1-2-25-17-15(18(27)24-19(25)28)26(10-11-3-6-13(20)7-4-11)16(23-17)12-5-8-14(21)22-9-12/h3-9,19,28H,2,10H2,1H3,(H,24,27). The third kappa shape index (κ3) is 3.32. The lowest BCUT2D eigenvalue weighted by atomic mass is 10.2. The maximum absolute atomic E-state index is 12.7. The van der Waals surface area contributed by atoms with Crippen LogP contribution in [0.5, 0.6) is 0 Å². The van der Waals surface area contributed by atoms with E-state index in [2.05, 4.69) is 15.3 Å². The van der Waals surface area contributed by atoms with Crippen LogP contribution in [0.4, 0.5) is 5.82 Å². The lowest BCUT2D eigenvalue weighted by Crippen LogP contribution is -2.53. The highest BCUT2D eigenvalue weighted by Crippen LogP contribution is 2.32. The number of anilines is 1. The van der Waals surface area contributed by atoms with Crippen LogP contribution in [-0.4, -0.2) is 38.4 Å². The van der Waals surface area contributed by atoms with Crippen molar-refractivity contribution in [3.8, 4) is 11.4 Å². The Labute approximate surface area is 171 Å². The van der Waals surface area contributed by atoms with Gasteiger partial charge < -0.3 is 19.9 Å². The third-order valence-electron chi connectivity index (χ3n) is 4.57. The van der Waals surface area contributed by atoms with E-state index in [-0.39, 0.29) is 5.91 Å². The van der Waals surface area contributed by atoms with Gasteiger partial charge in [0.1, 0.15) is 11.0 Å². The number of carbonyl (C=O) groups excluding carboxylic acids is 1. The van der Waals surface area contributed by atoms with E-state index >= 15 is 0 Å². The molecule has 144 valence electrons. The van der Waals surface area contributed by atoms with Crippen molar-refractivity contribution < 1.29 is 9.90 Å². The number of carbonyl (C=O) groups is 1. The number of fused-ring (bicyclic) bond motifs is 1. The van der Waals surface area contributed by atoms with Crippen molar-refractivity contribution in [3.05, 3.63) is 64.0 Å². The topological polar surface area (TPSA) is 83.3 Å². The van der Waals surface area contributed by atoms with E-state index in [1.165, 1.54) is 0 Å². The molecule has 0 bridgehead atoms. The maximum atomic E-state index is 12.7. The quantitative estimate of drug-likeness (QED) is 0.637. The van der Waals surface area contributed by atoms with Crippen LogP contribution >= 0.6 is 23.2 Å². The van der Waals surface area contributed by atoms with Crippen LogP contribution in [0.15, 0.2) is 42.6 Å². The summed E-state index contributed by atoms with van der Waals surface area (Å²) in [7, 11) is 0. The second-order valence-electron chi connectivity index (χ2n) is 6.32. The van der Waals surface area contributed by atoms with Crippen molar-refractivity contribution in [2.45, 2.75) is 19.8 Å². The number of aliphatic hydroxyl groups is 1. The Kier molecular flexibility index (Phi) is 4.97. The van der Waals surface area contributed by atoms with Gasteiger partial charge in [-0.25, -0.2) is 9.97 Å². The summed E-state index contributed by atoms with van der Waals surface area (Å²) in [6.07, 6.45) is 0.485. The molecule has 28 heavy (non-hydrogen) atoms. The van der Waals surface area contributed by atoms with Gasteiger partial charge >= 0.3 is 0 Å². The molecule has 1 aliphatic heterocycles. The SMILES string of the molecule is CCN1c2nc(-c3ccc(Cl)nc3)n(Cc3ccc(Cl)cc3)c2C(=O)NC1O. The van der Waals surface area contributed by atoms with Crippen LogP contribution in [0.2, 0.25) is 10.2 Å². The fourth-order valence-electron chi connectivity index (χ4n) is 3.22. The van der Waals surface area contributed by atoms with Crippen molar-refractivity contribution in [1.29, 1.82) is 0 Å².